The van der Waals surface area contributed by atoms with E-state index in [2.05, 4.69) is 46.8 Å². The monoisotopic (exact) mass is 470 g/mol. The molecular weight excluding hydrogens is 424 g/mol. The Morgan fingerprint density at radius 2 is 1.79 bits per heavy atom. The number of hydrogen-bond acceptors (Lipinski definition) is 5. The molecule has 3 atom stereocenters. The van der Waals surface area contributed by atoms with E-state index in [-0.39, 0.29) is 35.3 Å². The predicted molar refractivity (Wildman–Crippen MR) is 140 cm³/mol. The highest BCUT2D eigenvalue weighted by molar-refractivity contribution is 6.41. The molecule has 0 bridgehead atoms. The summed E-state index contributed by atoms with van der Waals surface area (Å²) in [6.07, 6.45) is 9.27. The number of amides is 1. The Morgan fingerprint density at radius 1 is 1.12 bits per heavy atom. The highest BCUT2D eigenvalue weighted by atomic mass is 16.2. The first-order chi connectivity index (χ1) is 16.4. The molecule has 6 heteroatoms. The lowest BCUT2D eigenvalue weighted by atomic mass is 9.79. The molecule has 0 spiro atoms. The van der Waals surface area contributed by atoms with Crippen LogP contribution in [0.15, 0.2) is 30.3 Å². The zero-order valence-electron chi connectivity index (χ0n) is 21.7. The Balaban J connectivity index is 1.93. The minimum atomic E-state index is -0.582. The lowest BCUT2D eigenvalue weighted by Crippen LogP contribution is -2.54. The van der Waals surface area contributed by atoms with E-state index in [1.807, 2.05) is 13.0 Å². The topological polar surface area (TPSA) is 85.3 Å². The van der Waals surface area contributed by atoms with E-state index < -0.39 is 6.04 Å². The minimum Gasteiger partial charge on any atom is -0.344 e. The van der Waals surface area contributed by atoms with Gasteiger partial charge in [0.2, 0.25) is 5.91 Å². The quantitative estimate of drug-likeness (QED) is 0.265. The summed E-state index contributed by atoms with van der Waals surface area (Å²) in [5.41, 5.74) is 1.54. The molecule has 0 aromatic heterocycles. The van der Waals surface area contributed by atoms with Crippen LogP contribution < -0.4 is 10.6 Å². The Labute approximate surface area is 206 Å². The van der Waals surface area contributed by atoms with Gasteiger partial charge in [-0.1, -0.05) is 56.5 Å². The summed E-state index contributed by atoms with van der Waals surface area (Å²) in [7, 11) is 3.82. The van der Waals surface area contributed by atoms with Crippen molar-refractivity contribution in [2.45, 2.75) is 83.7 Å². The second-order valence-corrected chi connectivity index (χ2v) is 9.98. The van der Waals surface area contributed by atoms with Gasteiger partial charge in [0.25, 0.3) is 0 Å². The van der Waals surface area contributed by atoms with Crippen molar-refractivity contribution < 1.29 is 9.59 Å². The van der Waals surface area contributed by atoms with Crippen LogP contribution in [0.4, 0.5) is 0 Å². The first-order valence-corrected chi connectivity index (χ1v) is 13.2. The number of Topliss-reactive ketones (excluding diaryl/α,β-unsaturated/α-hetero) is 1. The van der Waals surface area contributed by atoms with E-state index >= 15 is 0 Å². The maximum Gasteiger partial charge on any atom is 0.237 e. The normalized spacial score (nSPS) is 17.2. The molecule has 1 fully saturated rings. The number of nitrogens with one attached hydrogen (secondary N) is 3. The number of nitrogens with zero attached hydrogens (tertiary/aromatic N) is 1. The van der Waals surface area contributed by atoms with Crippen LogP contribution in [0.5, 0.6) is 0 Å². The fourth-order valence-electron chi connectivity index (χ4n) is 4.89. The summed E-state index contributed by atoms with van der Waals surface area (Å²) in [6.45, 7) is 5.50. The summed E-state index contributed by atoms with van der Waals surface area (Å²) in [6, 6.07) is 9.60. The molecule has 0 saturated heterocycles. The molecule has 0 aliphatic heterocycles. The molecule has 0 heterocycles. The van der Waals surface area contributed by atoms with E-state index in [0.29, 0.717) is 6.54 Å². The minimum absolute atomic E-state index is 0.115. The number of hydrogen-bond donors (Lipinski definition) is 3. The third-order valence-electron chi connectivity index (χ3n) is 7.32. The van der Waals surface area contributed by atoms with Gasteiger partial charge in [-0.3, -0.25) is 9.59 Å². The van der Waals surface area contributed by atoms with Gasteiger partial charge in [0.15, 0.2) is 5.78 Å². The Bertz CT molecular complexity index is 761. The maximum atomic E-state index is 13.5. The van der Waals surface area contributed by atoms with Crippen LogP contribution >= 0.6 is 0 Å². The zero-order valence-corrected chi connectivity index (χ0v) is 21.7. The highest BCUT2D eigenvalue weighted by Gasteiger charge is 2.35. The van der Waals surface area contributed by atoms with E-state index in [4.69, 9.17) is 5.41 Å². The number of carbonyl (C=O) groups excluding carboxylic acids is 2. The van der Waals surface area contributed by atoms with E-state index in [9.17, 15) is 9.59 Å². The molecule has 1 aromatic carbocycles. The fourth-order valence-corrected chi connectivity index (χ4v) is 4.89. The number of ketones is 1. The smallest absolute Gasteiger partial charge is 0.237 e. The van der Waals surface area contributed by atoms with Crippen LogP contribution in [-0.4, -0.2) is 61.6 Å². The van der Waals surface area contributed by atoms with Crippen molar-refractivity contribution in [1.29, 1.82) is 5.41 Å². The van der Waals surface area contributed by atoms with Gasteiger partial charge < -0.3 is 20.9 Å². The molecule has 1 aliphatic rings. The summed E-state index contributed by atoms with van der Waals surface area (Å²) in [5.74, 6) is -0.338. The molecule has 1 aliphatic carbocycles. The molecule has 1 aromatic rings. The first-order valence-electron chi connectivity index (χ1n) is 13.2. The van der Waals surface area contributed by atoms with Gasteiger partial charge in [-0.25, -0.2) is 0 Å². The van der Waals surface area contributed by atoms with Crippen molar-refractivity contribution >= 4 is 17.4 Å². The van der Waals surface area contributed by atoms with Crippen molar-refractivity contribution in [3.63, 3.8) is 0 Å². The van der Waals surface area contributed by atoms with Gasteiger partial charge in [0.1, 0.15) is 0 Å². The van der Waals surface area contributed by atoms with Crippen molar-refractivity contribution in [3.05, 3.63) is 35.9 Å². The van der Waals surface area contributed by atoms with E-state index in [1.54, 1.807) is 14.0 Å². The van der Waals surface area contributed by atoms with Crippen LogP contribution in [0.1, 0.15) is 70.8 Å². The van der Waals surface area contributed by atoms with Crippen LogP contribution in [-0.2, 0) is 16.0 Å². The zero-order chi connectivity index (χ0) is 24.9. The van der Waals surface area contributed by atoms with Crippen LogP contribution in [0.25, 0.3) is 0 Å². The molecule has 190 valence electrons. The average molecular weight is 471 g/mol. The maximum absolute atomic E-state index is 13.5. The molecule has 6 nitrogen and oxygen atoms in total. The van der Waals surface area contributed by atoms with Crippen LogP contribution in [0.3, 0.4) is 0 Å². The third-order valence-corrected chi connectivity index (χ3v) is 7.32. The number of unbranched alkanes of at least 4 members (excludes halogenated alkanes) is 1. The number of benzene rings is 1. The third kappa shape index (κ3) is 8.95. The molecule has 1 amide bonds. The highest BCUT2D eigenvalue weighted by Crippen LogP contribution is 2.28. The van der Waals surface area contributed by atoms with Gasteiger partial charge >= 0.3 is 0 Å². The molecule has 2 rings (SSSR count). The predicted octanol–water partition coefficient (Wildman–Crippen LogP) is 4.23. The molecular formula is C28H46N4O2. The first kappa shape index (κ1) is 28.2. The summed E-state index contributed by atoms with van der Waals surface area (Å²) >= 11 is 0. The number of likely N-dealkylation sites (N-methyl/N-ethyl adjacent to an activating group) is 1. The molecule has 0 radical (unpaired) electrons. The molecule has 34 heavy (non-hydrogen) atoms. The second-order valence-electron chi connectivity index (χ2n) is 9.98. The fraction of sp³-hybridized carbons (Fsp3) is 0.679. The lowest BCUT2D eigenvalue weighted by molar-refractivity contribution is -0.127. The summed E-state index contributed by atoms with van der Waals surface area (Å²) in [4.78, 5) is 28.4. The van der Waals surface area contributed by atoms with Crippen molar-refractivity contribution in [2.75, 3.05) is 27.2 Å². The Morgan fingerprint density at radius 3 is 2.41 bits per heavy atom. The van der Waals surface area contributed by atoms with Gasteiger partial charge in [0, 0.05) is 12.5 Å². The Kier molecular flexibility index (Phi) is 12.5. The van der Waals surface area contributed by atoms with Crippen LogP contribution in [0.2, 0.25) is 0 Å². The SMILES string of the molecule is CCC(CN(C)CCCCc1ccccc1)C(=N)C(=O)[C@@H](NC(=O)[C@H](C)NC)C1CCCCC1. The van der Waals surface area contributed by atoms with Gasteiger partial charge in [0.05, 0.1) is 17.8 Å². The van der Waals surface area contributed by atoms with Crippen molar-refractivity contribution in [3.8, 4) is 0 Å². The number of rotatable bonds is 15. The van der Waals surface area contributed by atoms with Crippen LogP contribution in [0, 0.1) is 17.2 Å². The summed E-state index contributed by atoms with van der Waals surface area (Å²) < 4.78 is 0. The van der Waals surface area contributed by atoms with Crippen molar-refractivity contribution in [1.82, 2.24) is 15.5 Å². The van der Waals surface area contributed by atoms with Gasteiger partial charge in [-0.2, -0.15) is 0 Å². The Hall–Kier alpha value is -2.05. The molecule has 1 saturated carbocycles. The standard InChI is InChI=1S/C28H46N4O2/c1-5-23(20-32(4)19-13-12-16-22-14-8-6-9-15-22)25(29)27(33)26(24-17-10-7-11-18-24)31-28(34)21(2)30-3/h6,8-9,14-15,21,23-24,26,29-30H,5,7,10-13,16-20H2,1-4H3,(H,31,34)/t21-,23?,26-/m0/s1. The van der Waals surface area contributed by atoms with E-state index in [1.165, 1.54) is 12.0 Å². The molecule has 1 unspecified atom stereocenters. The van der Waals surface area contributed by atoms with Gasteiger partial charge in [-0.05, 0) is 77.6 Å². The van der Waals surface area contributed by atoms with Gasteiger partial charge in [-0.15, -0.1) is 0 Å². The van der Waals surface area contributed by atoms with Crippen molar-refractivity contribution in [2.24, 2.45) is 11.8 Å². The van der Waals surface area contributed by atoms with E-state index in [0.717, 1.165) is 57.9 Å². The molecule has 3 N–H and O–H groups in total. The number of aryl methyl sites for hydroxylation is 1. The average Bonchev–Trinajstić information content (AvgIpc) is 2.88. The largest absolute Gasteiger partial charge is 0.344 e. The second kappa shape index (κ2) is 15.0. The number of carbonyl (C=O) groups is 2. The summed E-state index contributed by atoms with van der Waals surface area (Å²) in [5, 5.41) is 14.7. The lowest BCUT2D eigenvalue weighted by Gasteiger charge is -2.32.